The third kappa shape index (κ3) is 4.49. The molecule has 180 valence electrons. The first kappa shape index (κ1) is 24.1. The molecular formula is C25H28FN3O4S. The normalized spacial score (nSPS) is 20.4. The third-order valence-corrected chi connectivity index (χ3v) is 9.19. The van der Waals surface area contributed by atoms with Gasteiger partial charge in [0, 0.05) is 29.3 Å². The summed E-state index contributed by atoms with van der Waals surface area (Å²) < 4.78 is 47.0. The molecule has 0 amide bonds. The van der Waals surface area contributed by atoms with Crippen LogP contribution in [0.1, 0.15) is 43.9 Å². The number of rotatable bonds is 8. The van der Waals surface area contributed by atoms with Gasteiger partial charge < -0.3 is 4.74 Å². The Balaban J connectivity index is 1.53. The van der Waals surface area contributed by atoms with Crippen molar-refractivity contribution in [2.24, 2.45) is 5.41 Å². The lowest BCUT2D eigenvalue weighted by Gasteiger charge is -2.30. The van der Waals surface area contributed by atoms with E-state index in [1.165, 1.54) is 19.2 Å². The minimum atomic E-state index is -3.77. The standard InChI is InChI=1S/C25H28FN3O4S/c1-17-6-10-20(15-27-17)29-16-18(24(28-29)33-3)7-13-22(30)25(2)14-4-5-23(25)34(31,32)21-11-8-19(26)9-12-21/h6,8-12,15-16,23H,4-5,7,13-14H2,1-3H3. The molecule has 0 radical (unpaired) electrons. The van der Waals surface area contributed by atoms with Crippen molar-refractivity contribution < 1.29 is 22.3 Å². The van der Waals surface area contributed by atoms with E-state index in [1.54, 1.807) is 17.8 Å². The predicted molar refractivity (Wildman–Crippen MR) is 125 cm³/mol. The summed E-state index contributed by atoms with van der Waals surface area (Å²) in [5, 5.41) is 3.61. The number of carbonyl (C=O) groups is 1. The van der Waals surface area contributed by atoms with Crippen LogP contribution >= 0.6 is 0 Å². The Hall–Kier alpha value is -3.07. The van der Waals surface area contributed by atoms with E-state index >= 15 is 0 Å². The molecule has 1 saturated carbocycles. The quantitative estimate of drug-likeness (QED) is 0.443. The van der Waals surface area contributed by atoms with Crippen LogP contribution in [-0.4, -0.2) is 41.3 Å². The van der Waals surface area contributed by atoms with Gasteiger partial charge in [-0.15, -0.1) is 5.10 Å². The second-order valence-electron chi connectivity index (χ2n) is 8.99. The zero-order chi connectivity index (χ0) is 24.5. The van der Waals surface area contributed by atoms with E-state index in [4.69, 9.17) is 4.74 Å². The minimum Gasteiger partial charge on any atom is -0.480 e. The third-order valence-electron chi connectivity index (χ3n) is 6.75. The number of sulfone groups is 1. The van der Waals surface area contributed by atoms with E-state index in [9.17, 15) is 17.6 Å². The summed E-state index contributed by atoms with van der Waals surface area (Å²) in [6, 6.07) is 8.59. The second-order valence-corrected chi connectivity index (χ2v) is 11.1. The van der Waals surface area contributed by atoms with Crippen molar-refractivity contribution in [3.63, 3.8) is 0 Å². The van der Waals surface area contributed by atoms with Gasteiger partial charge in [0.25, 0.3) is 0 Å². The maximum Gasteiger partial charge on any atom is 0.236 e. The van der Waals surface area contributed by atoms with E-state index < -0.39 is 26.3 Å². The number of nitrogens with zero attached hydrogens (tertiary/aromatic N) is 3. The number of pyridine rings is 1. The van der Waals surface area contributed by atoms with Crippen LogP contribution in [0, 0.1) is 18.2 Å². The minimum absolute atomic E-state index is 0.0504. The smallest absolute Gasteiger partial charge is 0.236 e. The number of aromatic nitrogens is 3. The van der Waals surface area contributed by atoms with Crippen molar-refractivity contribution in [3.8, 4) is 11.6 Å². The highest BCUT2D eigenvalue weighted by molar-refractivity contribution is 7.92. The summed E-state index contributed by atoms with van der Waals surface area (Å²) in [6.45, 7) is 3.64. The average Bonchev–Trinajstić information content (AvgIpc) is 3.43. The maximum atomic E-state index is 13.4. The van der Waals surface area contributed by atoms with Crippen LogP contribution in [0.2, 0.25) is 0 Å². The fourth-order valence-corrected chi connectivity index (χ4v) is 6.99. The monoisotopic (exact) mass is 485 g/mol. The molecule has 2 heterocycles. The maximum absolute atomic E-state index is 13.4. The number of hydrogen-bond acceptors (Lipinski definition) is 6. The summed E-state index contributed by atoms with van der Waals surface area (Å²) in [5.74, 6) is -0.187. The number of carbonyl (C=O) groups excluding carboxylic acids is 1. The van der Waals surface area contributed by atoms with Gasteiger partial charge in [-0.05, 0) is 62.6 Å². The Labute approximate surface area is 198 Å². The summed E-state index contributed by atoms with van der Waals surface area (Å²) in [7, 11) is -2.25. The highest BCUT2D eigenvalue weighted by atomic mass is 32.2. The summed E-state index contributed by atoms with van der Waals surface area (Å²) >= 11 is 0. The zero-order valence-electron chi connectivity index (χ0n) is 19.5. The van der Waals surface area contributed by atoms with Crippen LogP contribution in [0.4, 0.5) is 4.39 Å². The van der Waals surface area contributed by atoms with Crippen molar-refractivity contribution >= 4 is 15.6 Å². The van der Waals surface area contributed by atoms with Crippen LogP contribution in [-0.2, 0) is 21.1 Å². The van der Waals surface area contributed by atoms with E-state index in [0.29, 0.717) is 31.6 Å². The summed E-state index contributed by atoms with van der Waals surface area (Å²) in [4.78, 5) is 17.7. The molecule has 0 spiro atoms. The lowest BCUT2D eigenvalue weighted by Crippen LogP contribution is -2.40. The Kier molecular flexibility index (Phi) is 6.58. The van der Waals surface area contributed by atoms with Gasteiger partial charge in [-0.2, -0.15) is 0 Å². The van der Waals surface area contributed by atoms with Gasteiger partial charge >= 0.3 is 0 Å². The van der Waals surface area contributed by atoms with Crippen molar-refractivity contribution in [2.45, 2.75) is 56.1 Å². The van der Waals surface area contributed by atoms with Gasteiger partial charge in [-0.25, -0.2) is 17.5 Å². The van der Waals surface area contributed by atoms with Crippen molar-refractivity contribution in [3.05, 3.63) is 65.9 Å². The van der Waals surface area contributed by atoms with E-state index in [1.807, 2.05) is 25.3 Å². The molecule has 2 unspecified atom stereocenters. The first-order valence-electron chi connectivity index (χ1n) is 11.2. The molecular weight excluding hydrogens is 457 g/mol. The van der Waals surface area contributed by atoms with Crippen LogP contribution in [0.3, 0.4) is 0 Å². The molecule has 1 aliphatic rings. The van der Waals surface area contributed by atoms with Gasteiger partial charge in [0.05, 0.1) is 29.1 Å². The second kappa shape index (κ2) is 9.29. The van der Waals surface area contributed by atoms with Crippen LogP contribution < -0.4 is 4.74 Å². The predicted octanol–water partition coefficient (Wildman–Crippen LogP) is 4.26. The van der Waals surface area contributed by atoms with Crippen molar-refractivity contribution in [2.75, 3.05) is 7.11 Å². The lowest BCUT2D eigenvalue weighted by atomic mass is 9.81. The first-order valence-corrected chi connectivity index (χ1v) is 12.8. The fourth-order valence-electron chi connectivity index (χ4n) is 4.74. The number of ketones is 1. The molecule has 0 saturated heterocycles. The molecule has 3 aromatic rings. The number of Topliss-reactive ketones (excluding diaryl/α,β-unsaturated/α-hetero) is 1. The highest BCUT2D eigenvalue weighted by Crippen LogP contribution is 2.45. The van der Waals surface area contributed by atoms with Gasteiger partial charge in [0.2, 0.25) is 5.88 Å². The molecule has 9 heteroatoms. The molecule has 1 aromatic carbocycles. The van der Waals surface area contributed by atoms with Gasteiger partial charge in [-0.3, -0.25) is 9.78 Å². The SMILES string of the molecule is COc1nn(-c2ccc(C)nc2)cc1CCC(=O)C1(C)CCCC1S(=O)(=O)c1ccc(F)cc1. The zero-order valence-corrected chi connectivity index (χ0v) is 20.3. The number of benzene rings is 1. The van der Waals surface area contributed by atoms with E-state index in [0.717, 1.165) is 29.1 Å². The van der Waals surface area contributed by atoms with E-state index in [-0.39, 0.29) is 17.1 Å². The van der Waals surface area contributed by atoms with Crippen LogP contribution in [0.5, 0.6) is 5.88 Å². The topological polar surface area (TPSA) is 91.2 Å². The van der Waals surface area contributed by atoms with Gasteiger partial charge in [0.1, 0.15) is 11.6 Å². The average molecular weight is 486 g/mol. The number of halogens is 1. The molecule has 0 bridgehead atoms. The number of methoxy groups -OCH3 is 1. The molecule has 1 aliphatic carbocycles. The largest absolute Gasteiger partial charge is 0.480 e. The first-order chi connectivity index (χ1) is 16.1. The molecule has 2 aromatic heterocycles. The van der Waals surface area contributed by atoms with Crippen LogP contribution in [0.15, 0.2) is 53.7 Å². The summed E-state index contributed by atoms with van der Waals surface area (Å²) in [6.07, 6.45) is 5.62. The van der Waals surface area contributed by atoms with Gasteiger partial charge in [0.15, 0.2) is 9.84 Å². The van der Waals surface area contributed by atoms with Gasteiger partial charge in [-0.1, -0.05) is 13.3 Å². The number of aryl methyl sites for hydroxylation is 2. The van der Waals surface area contributed by atoms with Crippen molar-refractivity contribution in [1.82, 2.24) is 14.8 Å². The fraction of sp³-hybridized carbons (Fsp3) is 0.400. The molecule has 34 heavy (non-hydrogen) atoms. The number of hydrogen-bond donors (Lipinski definition) is 0. The molecule has 0 N–H and O–H groups in total. The molecule has 0 aliphatic heterocycles. The molecule has 1 fully saturated rings. The van der Waals surface area contributed by atoms with E-state index in [2.05, 4.69) is 10.1 Å². The van der Waals surface area contributed by atoms with Crippen LogP contribution in [0.25, 0.3) is 5.69 Å². The van der Waals surface area contributed by atoms with Crippen molar-refractivity contribution in [1.29, 1.82) is 0 Å². The Bertz CT molecular complexity index is 1290. The Morgan fingerprint density at radius 3 is 2.62 bits per heavy atom. The molecule has 2 atom stereocenters. The summed E-state index contributed by atoms with van der Waals surface area (Å²) in [5.41, 5.74) is 1.42. The Morgan fingerprint density at radius 2 is 1.97 bits per heavy atom. The Morgan fingerprint density at radius 1 is 1.24 bits per heavy atom. The molecule has 7 nitrogen and oxygen atoms in total. The number of ether oxygens (including phenoxy) is 1. The highest BCUT2D eigenvalue weighted by Gasteiger charge is 2.50. The molecule has 4 rings (SSSR count). The lowest BCUT2D eigenvalue weighted by molar-refractivity contribution is -0.127.